The molecule has 2 fully saturated rings. The molecular formula is C25H24Cl2N2O5. The van der Waals surface area contributed by atoms with E-state index in [1.165, 1.54) is 4.90 Å². The van der Waals surface area contributed by atoms with Crippen LogP contribution in [0.5, 0.6) is 11.5 Å². The Hall–Kier alpha value is -2.74. The number of hydrogen-bond acceptors (Lipinski definition) is 6. The fraction of sp³-hybridized carbons (Fsp3) is 0.360. The zero-order chi connectivity index (χ0) is 23.8. The van der Waals surface area contributed by atoms with Gasteiger partial charge in [0.1, 0.15) is 19.0 Å². The fourth-order valence-corrected chi connectivity index (χ4v) is 5.05. The van der Waals surface area contributed by atoms with E-state index in [4.69, 9.17) is 32.7 Å². The Morgan fingerprint density at radius 1 is 0.941 bits per heavy atom. The van der Waals surface area contributed by atoms with Gasteiger partial charge in [-0.05, 0) is 61.8 Å². The number of aliphatic hydroxyl groups is 1. The highest BCUT2D eigenvalue weighted by atomic mass is 35.5. The van der Waals surface area contributed by atoms with E-state index in [0.29, 0.717) is 59.0 Å². The summed E-state index contributed by atoms with van der Waals surface area (Å²) in [6.45, 7) is 3.78. The van der Waals surface area contributed by atoms with Gasteiger partial charge in [-0.1, -0.05) is 29.3 Å². The van der Waals surface area contributed by atoms with Gasteiger partial charge in [-0.25, -0.2) is 0 Å². The zero-order valence-corrected chi connectivity index (χ0v) is 19.9. The SMILES string of the molecule is O=C1C(=O)N(CCN2CCCC2)C(c2ccc(Cl)c(Cl)c2)/C1=C(\O)c1ccc2c(c1)OCCO2. The molecule has 1 N–H and O–H groups in total. The number of hydrogen-bond donors (Lipinski definition) is 1. The number of rotatable bonds is 5. The van der Waals surface area contributed by atoms with E-state index in [1.807, 2.05) is 0 Å². The Bertz CT molecular complexity index is 1180. The summed E-state index contributed by atoms with van der Waals surface area (Å²) >= 11 is 12.4. The van der Waals surface area contributed by atoms with Crippen LogP contribution in [0.15, 0.2) is 42.0 Å². The molecule has 2 saturated heterocycles. The Morgan fingerprint density at radius 3 is 2.41 bits per heavy atom. The monoisotopic (exact) mass is 502 g/mol. The van der Waals surface area contributed by atoms with Crippen LogP contribution in [0.3, 0.4) is 0 Å². The number of nitrogens with zero attached hydrogens (tertiary/aromatic N) is 2. The third-order valence-corrected chi connectivity index (χ3v) is 7.21. The first kappa shape index (κ1) is 23.0. The van der Waals surface area contributed by atoms with Crippen LogP contribution in [0.2, 0.25) is 10.0 Å². The van der Waals surface area contributed by atoms with Gasteiger partial charge in [-0.3, -0.25) is 9.59 Å². The molecule has 3 aliphatic heterocycles. The average molecular weight is 503 g/mol. The highest BCUT2D eigenvalue weighted by Crippen LogP contribution is 2.42. The van der Waals surface area contributed by atoms with Gasteiger partial charge in [0.2, 0.25) is 0 Å². The normalized spacial score (nSPS) is 21.9. The summed E-state index contributed by atoms with van der Waals surface area (Å²) < 4.78 is 11.2. The van der Waals surface area contributed by atoms with Crippen molar-refractivity contribution in [2.45, 2.75) is 18.9 Å². The number of fused-ring (bicyclic) bond motifs is 1. The predicted octanol–water partition coefficient (Wildman–Crippen LogP) is 4.28. The maximum atomic E-state index is 13.2. The number of carbonyl (C=O) groups is 2. The van der Waals surface area contributed by atoms with Crippen LogP contribution in [0.1, 0.15) is 30.0 Å². The van der Waals surface area contributed by atoms with Crippen LogP contribution in [0.4, 0.5) is 0 Å². The first-order chi connectivity index (χ1) is 16.4. The number of aliphatic hydroxyl groups excluding tert-OH is 1. The fourth-order valence-electron chi connectivity index (χ4n) is 4.74. The first-order valence-corrected chi connectivity index (χ1v) is 12.1. The van der Waals surface area contributed by atoms with Gasteiger partial charge in [0.15, 0.2) is 11.5 Å². The quantitative estimate of drug-likeness (QED) is 0.373. The number of Topliss-reactive ketones (excluding diaryl/α,β-unsaturated/α-hetero) is 1. The number of carbonyl (C=O) groups excluding carboxylic acids is 2. The molecule has 2 aromatic rings. The summed E-state index contributed by atoms with van der Waals surface area (Å²) in [6.07, 6.45) is 2.25. The number of ketones is 1. The van der Waals surface area contributed by atoms with Crippen molar-refractivity contribution in [2.75, 3.05) is 39.4 Å². The minimum absolute atomic E-state index is 0.0153. The van der Waals surface area contributed by atoms with Crippen molar-refractivity contribution < 1.29 is 24.2 Å². The van der Waals surface area contributed by atoms with Gasteiger partial charge < -0.3 is 24.4 Å². The van der Waals surface area contributed by atoms with Crippen molar-refractivity contribution in [3.05, 3.63) is 63.1 Å². The Kier molecular flexibility index (Phi) is 6.42. The van der Waals surface area contributed by atoms with Crippen LogP contribution in [-0.4, -0.2) is 66.0 Å². The van der Waals surface area contributed by atoms with E-state index in [0.717, 1.165) is 25.9 Å². The van der Waals surface area contributed by atoms with E-state index in [-0.39, 0.29) is 11.3 Å². The van der Waals surface area contributed by atoms with E-state index >= 15 is 0 Å². The number of benzene rings is 2. The smallest absolute Gasteiger partial charge is 0.295 e. The molecule has 0 bridgehead atoms. The van der Waals surface area contributed by atoms with Crippen molar-refractivity contribution in [1.82, 2.24) is 9.80 Å². The second kappa shape index (κ2) is 9.49. The van der Waals surface area contributed by atoms with E-state index in [9.17, 15) is 14.7 Å². The van der Waals surface area contributed by atoms with Crippen molar-refractivity contribution >= 4 is 40.7 Å². The highest BCUT2D eigenvalue weighted by Gasteiger charge is 2.46. The van der Waals surface area contributed by atoms with Crippen molar-refractivity contribution in [1.29, 1.82) is 0 Å². The third-order valence-electron chi connectivity index (χ3n) is 6.47. The van der Waals surface area contributed by atoms with Gasteiger partial charge in [0.25, 0.3) is 11.7 Å². The minimum Gasteiger partial charge on any atom is -0.507 e. The lowest BCUT2D eigenvalue weighted by atomic mass is 9.95. The zero-order valence-electron chi connectivity index (χ0n) is 18.4. The maximum Gasteiger partial charge on any atom is 0.295 e. The molecule has 1 amide bonds. The number of ether oxygens (including phenoxy) is 2. The maximum absolute atomic E-state index is 13.2. The second-order valence-corrected chi connectivity index (χ2v) is 9.39. The lowest BCUT2D eigenvalue weighted by Crippen LogP contribution is -2.37. The summed E-state index contributed by atoms with van der Waals surface area (Å²) in [5.74, 6) is -0.603. The Morgan fingerprint density at radius 2 is 1.68 bits per heavy atom. The van der Waals surface area contributed by atoms with Crippen molar-refractivity contribution in [2.24, 2.45) is 0 Å². The number of halogens is 2. The molecule has 34 heavy (non-hydrogen) atoms. The first-order valence-electron chi connectivity index (χ1n) is 11.3. The predicted molar refractivity (Wildman–Crippen MR) is 129 cm³/mol. The van der Waals surface area contributed by atoms with Gasteiger partial charge in [0, 0.05) is 18.7 Å². The highest BCUT2D eigenvalue weighted by molar-refractivity contribution is 6.46. The Balaban J connectivity index is 1.57. The van der Waals surface area contributed by atoms with Crippen LogP contribution >= 0.6 is 23.2 Å². The number of likely N-dealkylation sites (tertiary alicyclic amines) is 2. The molecule has 9 heteroatoms. The summed E-state index contributed by atoms with van der Waals surface area (Å²) in [5, 5.41) is 12.0. The van der Waals surface area contributed by atoms with Crippen molar-refractivity contribution in [3.8, 4) is 11.5 Å². The molecule has 0 spiro atoms. The molecule has 0 aliphatic carbocycles. The van der Waals surface area contributed by atoms with Crippen LogP contribution in [0, 0.1) is 0 Å². The lowest BCUT2D eigenvalue weighted by Gasteiger charge is -2.27. The van der Waals surface area contributed by atoms with Gasteiger partial charge in [-0.15, -0.1) is 0 Å². The summed E-state index contributed by atoms with van der Waals surface area (Å²) in [5.41, 5.74) is 0.988. The number of amides is 1. The molecular weight excluding hydrogens is 479 g/mol. The van der Waals surface area contributed by atoms with Gasteiger partial charge in [-0.2, -0.15) is 0 Å². The van der Waals surface area contributed by atoms with Crippen LogP contribution < -0.4 is 9.47 Å². The molecule has 2 aromatic carbocycles. The molecule has 1 atom stereocenters. The minimum atomic E-state index is -0.787. The topological polar surface area (TPSA) is 79.3 Å². The van der Waals surface area contributed by atoms with Gasteiger partial charge >= 0.3 is 0 Å². The molecule has 3 heterocycles. The molecule has 0 saturated carbocycles. The largest absolute Gasteiger partial charge is 0.507 e. The molecule has 0 aromatic heterocycles. The van der Waals surface area contributed by atoms with E-state index in [2.05, 4.69) is 4.90 Å². The molecule has 7 nitrogen and oxygen atoms in total. The summed E-state index contributed by atoms with van der Waals surface area (Å²) in [4.78, 5) is 30.1. The van der Waals surface area contributed by atoms with Gasteiger partial charge in [0.05, 0.1) is 21.7 Å². The second-order valence-electron chi connectivity index (χ2n) is 8.57. The standard InChI is InChI=1S/C25H24Cl2N2O5/c26-17-5-3-15(13-18(17)27)22-21(23(30)16-4-6-19-20(14-16)34-12-11-33-19)24(31)25(32)29(22)10-9-28-7-1-2-8-28/h3-6,13-14,22,30H,1-2,7-12H2/b23-21+. The molecule has 3 aliphatic rings. The molecule has 0 radical (unpaired) electrons. The van der Waals surface area contributed by atoms with E-state index in [1.54, 1.807) is 36.4 Å². The molecule has 178 valence electrons. The Labute approximate surface area is 207 Å². The molecule has 5 rings (SSSR count). The van der Waals surface area contributed by atoms with Crippen molar-refractivity contribution in [3.63, 3.8) is 0 Å². The lowest BCUT2D eigenvalue weighted by molar-refractivity contribution is -0.140. The summed E-state index contributed by atoms with van der Waals surface area (Å²) in [6, 6.07) is 9.15. The molecule has 1 unspecified atom stereocenters. The third kappa shape index (κ3) is 4.24. The van der Waals surface area contributed by atoms with Crippen LogP contribution in [-0.2, 0) is 9.59 Å². The van der Waals surface area contributed by atoms with Crippen LogP contribution in [0.25, 0.3) is 5.76 Å². The summed E-state index contributed by atoms with van der Waals surface area (Å²) in [7, 11) is 0. The average Bonchev–Trinajstić information content (AvgIpc) is 3.45. The van der Waals surface area contributed by atoms with E-state index < -0.39 is 17.7 Å².